The molecule has 0 bridgehead atoms. The number of aromatic amines is 2. The van der Waals surface area contributed by atoms with Crippen molar-refractivity contribution in [2.24, 2.45) is 0 Å². The zero-order valence-corrected chi connectivity index (χ0v) is 15.1. The van der Waals surface area contributed by atoms with Crippen LogP contribution in [0.1, 0.15) is 22.9 Å². The van der Waals surface area contributed by atoms with Gasteiger partial charge in [-0.25, -0.2) is 4.79 Å². The SMILES string of the molecule is COc1cccc(C(c2c(C)[nH]c(=O)[nH]c2=O)N2CCOCC2)c1OC. The Labute approximate surface area is 150 Å². The highest BCUT2D eigenvalue weighted by atomic mass is 16.5. The summed E-state index contributed by atoms with van der Waals surface area (Å²) in [5, 5.41) is 0. The van der Waals surface area contributed by atoms with Crippen LogP contribution in [0.5, 0.6) is 11.5 Å². The lowest BCUT2D eigenvalue weighted by Crippen LogP contribution is -2.43. The van der Waals surface area contributed by atoms with Gasteiger partial charge in [0.15, 0.2) is 11.5 Å². The van der Waals surface area contributed by atoms with E-state index in [0.29, 0.717) is 49.1 Å². The monoisotopic (exact) mass is 361 g/mol. The number of H-pyrrole nitrogens is 2. The Bertz CT molecular complexity index is 883. The first-order valence-corrected chi connectivity index (χ1v) is 8.42. The Morgan fingerprint density at radius 2 is 1.85 bits per heavy atom. The van der Waals surface area contributed by atoms with E-state index in [0.717, 1.165) is 5.56 Å². The van der Waals surface area contributed by atoms with Crippen molar-refractivity contribution in [3.05, 3.63) is 55.9 Å². The molecule has 2 heterocycles. The Hall–Kier alpha value is -2.58. The van der Waals surface area contributed by atoms with E-state index in [1.165, 1.54) is 0 Å². The number of benzene rings is 1. The zero-order chi connectivity index (χ0) is 18.7. The Morgan fingerprint density at radius 3 is 2.46 bits per heavy atom. The van der Waals surface area contributed by atoms with Gasteiger partial charge in [0.1, 0.15) is 0 Å². The van der Waals surface area contributed by atoms with Crippen LogP contribution >= 0.6 is 0 Å². The fourth-order valence-corrected chi connectivity index (χ4v) is 3.44. The summed E-state index contributed by atoms with van der Waals surface area (Å²) in [4.78, 5) is 31.5. The second kappa shape index (κ2) is 7.76. The first-order chi connectivity index (χ1) is 12.6. The molecular weight excluding hydrogens is 338 g/mol. The molecule has 0 saturated carbocycles. The molecule has 1 fully saturated rings. The maximum absolute atomic E-state index is 12.7. The van der Waals surface area contributed by atoms with Crippen molar-refractivity contribution in [3.63, 3.8) is 0 Å². The van der Waals surface area contributed by atoms with E-state index in [1.807, 2.05) is 18.2 Å². The third-order valence-corrected chi connectivity index (χ3v) is 4.59. The summed E-state index contributed by atoms with van der Waals surface area (Å²) >= 11 is 0. The smallest absolute Gasteiger partial charge is 0.325 e. The molecule has 0 spiro atoms. The maximum Gasteiger partial charge on any atom is 0.325 e. The quantitative estimate of drug-likeness (QED) is 0.818. The molecule has 1 aromatic carbocycles. The molecule has 2 N–H and O–H groups in total. The van der Waals surface area contributed by atoms with Crippen LogP contribution in [-0.4, -0.2) is 55.4 Å². The predicted octanol–water partition coefficient (Wildman–Crippen LogP) is 0.810. The molecule has 8 nitrogen and oxygen atoms in total. The number of morpholine rings is 1. The minimum Gasteiger partial charge on any atom is -0.493 e. The molecule has 1 atom stereocenters. The number of aromatic nitrogens is 2. The first kappa shape index (κ1) is 18.2. The second-order valence-electron chi connectivity index (χ2n) is 6.08. The van der Waals surface area contributed by atoms with Crippen LogP contribution in [0.4, 0.5) is 0 Å². The van der Waals surface area contributed by atoms with Gasteiger partial charge in [-0.15, -0.1) is 0 Å². The summed E-state index contributed by atoms with van der Waals surface area (Å²) in [6.07, 6.45) is 0. The fraction of sp³-hybridized carbons (Fsp3) is 0.444. The van der Waals surface area contributed by atoms with Crippen molar-refractivity contribution in [3.8, 4) is 11.5 Å². The summed E-state index contributed by atoms with van der Waals surface area (Å²) in [5.74, 6) is 1.15. The van der Waals surface area contributed by atoms with Gasteiger partial charge in [0.2, 0.25) is 0 Å². The number of ether oxygens (including phenoxy) is 3. The summed E-state index contributed by atoms with van der Waals surface area (Å²) in [6, 6.07) is 5.18. The van der Waals surface area contributed by atoms with Crippen LogP contribution < -0.4 is 20.7 Å². The fourth-order valence-electron chi connectivity index (χ4n) is 3.44. The van der Waals surface area contributed by atoms with Gasteiger partial charge in [-0.3, -0.25) is 14.7 Å². The van der Waals surface area contributed by atoms with Crippen molar-refractivity contribution >= 4 is 0 Å². The highest BCUT2D eigenvalue weighted by Crippen LogP contribution is 2.39. The first-order valence-electron chi connectivity index (χ1n) is 8.42. The van der Waals surface area contributed by atoms with Crippen molar-refractivity contribution in [1.29, 1.82) is 0 Å². The van der Waals surface area contributed by atoms with Gasteiger partial charge in [0.25, 0.3) is 5.56 Å². The standard InChI is InChI=1S/C18H23N3O5/c1-11-14(17(22)20-18(23)19-11)15(21-7-9-26-10-8-21)12-5-4-6-13(24-2)16(12)25-3/h4-6,15H,7-10H2,1-3H3,(H2,19,20,22,23). The van der Waals surface area contributed by atoms with Gasteiger partial charge in [-0.1, -0.05) is 12.1 Å². The third kappa shape index (κ3) is 3.38. The Kier molecular flexibility index (Phi) is 5.43. The molecule has 26 heavy (non-hydrogen) atoms. The van der Waals surface area contributed by atoms with Gasteiger partial charge >= 0.3 is 5.69 Å². The Balaban J connectivity index is 2.24. The molecule has 140 valence electrons. The van der Waals surface area contributed by atoms with Crippen LogP contribution in [0, 0.1) is 6.92 Å². The molecule has 1 aromatic heterocycles. The molecule has 3 rings (SSSR count). The van der Waals surface area contributed by atoms with E-state index in [1.54, 1.807) is 21.1 Å². The van der Waals surface area contributed by atoms with Crippen molar-refractivity contribution in [2.45, 2.75) is 13.0 Å². The lowest BCUT2D eigenvalue weighted by atomic mass is 9.95. The minimum atomic E-state index is -0.519. The highest BCUT2D eigenvalue weighted by molar-refractivity contribution is 5.51. The van der Waals surface area contributed by atoms with Gasteiger partial charge in [-0.2, -0.15) is 0 Å². The number of methoxy groups -OCH3 is 2. The second-order valence-corrected chi connectivity index (χ2v) is 6.08. The average molecular weight is 361 g/mol. The lowest BCUT2D eigenvalue weighted by Gasteiger charge is -2.35. The number of rotatable bonds is 5. The summed E-state index contributed by atoms with van der Waals surface area (Å²) < 4.78 is 16.5. The number of hydrogen-bond donors (Lipinski definition) is 2. The Morgan fingerprint density at radius 1 is 1.12 bits per heavy atom. The normalized spacial score (nSPS) is 16.3. The number of hydrogen-bond acceptors (Lipinski definition) is 6. The highest BCUT2D eigenvalue weighted by Gasteiger charge is 2.31. The van der Waals surface area contributed by atoms with E-state index in [2.05, 4.69) is 14.9 Å². The summed E-state index contributed by atoms with van der Waals surface area (Å²) in [5.41, 5.74) is 0.884. The molecule has 2 aromatic rings. The van der Waals surface area contributed by atoms with Crippen molar-refractivity contribution in [2.75, 3.05) is 40.5 Å². The maximum atomic E-state index is 12.7. The van der Waals surface area contributed by atoms with Gasteiger partial charge in [0, 0.05) is 24.3 Å². The molecule has 0 radical (unpaired) electrons. The van der Waals surface area contributed by atoms with Crippen LogP contribution in [0.15, 0.2) is 27.8 Å². The molecule has 0 aliphatic carbocycles. The van der Waals surface area contributed by atoms with E-state index in [4.69, 9.17) is 14.2 Å². The van der Waals surface area contributed by atoms with E-state index >= 15 is 0 Å². The number of nitrogens with zero attached hydrogens (tertiary/aromatic N) is 1. The van der Waals surface area contributed by atoms with E-state index in [-0.39, 0.29) is 0 Å². The minimum absolute atomic E-state index is 0.399. The van der Waals surface area contributed by atoms with E-state index < -0.39 is 17.3 Å². The number of nitrogens with one attached hydrogen (secondary N) is 2. The van der Waals surface area contributed by atoms with Crippen LogP contribution in [0.25, 0.3) is 0 Å². The largest absolute Gasteiger partial charge is 0.493 e. The van der Waals surface area contributed by atoms with Crippen LogP contribution in [0.2, 0.25) is 0 Å². The van der Waals surface area contributed by atoms with Crippen LogP contribution in [-0.2, 0) is 4.74 Å². The third-order valence-electron chi connectivity index (χ3n) is 4.59. The zero-order valence-electron chi connectivity index (χ0n) is 15.1. The summed E-state index contributed by atoms with van der Waals surface area (Å²) in [7, 11) is 3.14. The molecule has 0 amide bonds. The number of para-hydroxylation sites is 1. The molecule has 1 unspecified atom stereocenters. The molecule has 1 aliphatic heterocycles. The van der Waals surface area contributed by atoms with Gasteiger partial charge in [-0.05, 0) is 13.0 Å². The van der Waals surface area contributed by atoms with Crippen LogP contribution in [0.3, 0.4) is 0 Å². The average Bonchev–Trinajstić information content (AvgIpc) is 2.64. The topological polar surface area (TPSA) is 96.7 Å². The molecule has 1 aliphatic rings. The molecule has 1 saturated heterocycles. The number of aryl methyl sites for hydroxylation is 1. The van der Waals surface area contributed by atoms with Gasteiger partial charge < -0.3 is 19.2 Å². The van der Waals surface area contributed by atoms with Gasteiger partial charge in [0.05, 0.1) is 39.0 Å². The van der Waals surface area contributed by atoms with Crippen molar-refractivity contribution < 1.29 is 14.2 Å². The molecule has 8 heteroatoms. The van der Waals surface area contributed by atoms with Crippen molar-refractivity contribution in [1.82, 2.24) is 14.9 Å². The predicted molar refractivity (Wildman–Crippen MR) is 96.2 cm³/mol. The summed E-state index contributed by atoms with van der Waals surface area (Å²) in [6.45, 7) is 4.18. The molecular formula is C18H23N3O5. The lowest BCUT2D eigenvalue weighted by molar-refractivity contribution is 0.0230. The van der Waals surface area contributed by atoms with E-state index in [9.17, 15) is 9.59 Å².